The summed E-state index contributed by atoms with van der Waals surface area (Å²) >= 11 is 0. The molecule has 0 bridgehead atoms. The van der Waals surface area contributed by atoms with Gasteiger partial charge in [0.1, 0.15) is 16.5 Å². The zero-order valence-corrected chi connectivity index (χ0v) is 17.6. The molecule has 2 saturated heterocycles. The van der Waals surface area contributed by atoms with E-state index in [0.29, 0.717) is 25.5 Å². The molecule has 2 aliphatic heterocycles. The average Bonchev–Trinajstić information content (AvgIpc) is 3.17. The summed E-state index contributed by atoms with van der Waals surface area (Å²) in [6, 6.07) is 7.53. The van der Waals surface area contributed by atoms with Crippen molar-refractivity contribution in [3.8, 4) is 0 Å². The van der Waals surface area contributed by atoms with Gasteiger partial charge in [-0.1, -0.05) is 18.9 Å². The van der Waals surface area contributed by atoms with Gasteiger partial charge in [0.2, 0.25) is 10.0 Å². The number of pyridine rings is 2. The lowest BCUT2D eigenvalue weighted by Crippen LogP contribution is -2.27. The highest BCUT2D eigenvalue weighted by atomic mass is 32.2. The number of hydrogen-bond donors (Lipinski definition) is 1. The van der Waals surface area contributed by atoms with Gasteiger partial charge in [-0.2, -0.15) is 4.31 Å². The topological polar surface area (TPSA) is 78.4 Å². The molecule has 8 heteroatoms. The van der Waals surface area contributed by atoms with Gasteiger partial charge in [0.15, 0.2) is 0 Å². The first kappa shape index (κ1) is 20.1. The predicted octanol–water partition coefficient (Wildman–Crippen LogP) is 3.25. The zero-order valence-electron chi connectivity index (χ0n) is 16.8. The fourth-order valence-corrected chi connectivity index (χ4v) is 5.38. The van der Waals surface area contributed by atoms with Crippen LogP contribution in [0.3, 0.4) is 0 Å². The number of nitrogens with one attached hydrogen (secondary N) is 1. The molecule has 2 aliphatic rings. The van der Waals surface area contributed by atoms with Crippen LogP contribution in [0.4, 0.5) is 11.6 Å². The van der Waals surface area contributed by atoms with Crippen LogP contribution in [0.2, 0.25) is 0 Å². The van der Waals surface area contributed by atoms with E-state index in [0.717, 1.165) is 37.3 Å². The summed E-state index contributed by atoms with van der Waals surface area (Å²) in [6.45, 7) is 3.96. The maximum absolute atomic E-state index is 12.6. The molecule has 0 spiro atoms. The number of rotatable bonds is 6. The van der Waals surface area contributed by atoms with Gasteiger partial charge in [0, 0.05) is 45.1 Å². The lowest BCUT2D eigenvalue weighted by Gasteiger charge is -2.21. The van der Waals surface area contributed by atoms with E-state index in [2.05, 4.69) is 32.3 Å². The third kappa shape index (κ3) is 4.87. The minimum absolute atomic E-state index is 0.258. The van der Waals surface area contributed by atoms with E-state index >= 15 is 0 Å². The van der Waals surface area contributed by atoms with Crippen LogP contribution in [0.25, 0.3) is 0 Å². The minimum atomic E-state index is -3.41. The van der Waals surface area contributed by atoms with Crippen molar-refractivity contribution in [1.29, 1.82) is 0 Å². The third-order valence-corrected chi connectivity index (χ3v) is 7.53. The summed E-state index contributed by atoms with van der Waals surface area (Å²) in [4.78, 5) is 11.5. The summed E-state index contributed by atoms with van der Waals surface area (Å²) < 4.78 is 26.7. The Morgan fingerprint density at radius 2 is 1.55 bits per heavy atom. The van der Waals surface area contributed by atoms with Crippen LogP contribution < -0.4 is 10.2 Å². The Hall–Kier alpha value is -2.19. The zero-order chi connectivity index (χ0) is 20.1. The largest absolute Gasteiger partial charge is 0.366 e. The molecule has 2 fully saturated rings. The van der Waals surface area contributed by atoms with Gasteiger partial charge < -0.3 is 10.2 Å². The summed E-state index contributed by atoms with van der Waals surface area (Å²) in [5, 5.41) is 3.25. The van der Waals surface area contributed by atoms with Gasteiger partial charge in [-0.25, -0.2) is 18.4 Å². The molecule has 0 radical (unpaired) electrons. The second-order valence-electron chi connectivity index (χ2n) is 7.77. The second-order valence-corrected chi connectivity index (χ2v) is 9.71. The molecule has 4 rings (SSSR count). The second kappa shape index (κ2) is 9.09. The Labute approximate surface area is 173 Å². The van der Waals surface area contributed by atoms with E-state index in [-0.39, 0.29) is 4.90 Å². The molecule has 0 aliphatic carbocycles. The van der Waals surface area contributed by atoms with Gasteiger partial charge in [-0.05, 0) is 49.4 Å². The maximum atomic E-state index is 12.6. The predicted molar refractivity (Wildman–Crippen MR) is 114 cm³/mol. The molecule has 2 aromatic rings. The Morgan fingerprint density at radius 3 is 2.17 bits per heavy atom. The van der Waals surface area contributed by atoms with E-state index in [4.69, 9.17) is 0 Å². The molecule has 0 atom stereocenters. The highest BCUT2D eigenvalue weighted by Gasteiger charge is 2.27. The van der Waals surface area contributed by atoms with E-state index in [1.54, 1.807) is 12.1 Å². The lowest BCUT2D eigenvalue weighted by atomic mass is 10.2. The maximum Gasteiger partial charge on any atom is 0.244 e. The Balaban J connectivity index is 1.34. The molecule has 4 heterocycles. The van der Waals surface area contributed by atoms with Gasteiger partial charge in [-0.15, -0.1) is 0 Å². The fraction of sp³-hybridized carbons (Fsp3) is 0.524. The first-order valence-corrected chi connectivity index (χ1v) is 12.0. The average molecular weight is 416 g/mol. The minimum Gasteiger partial charge on any atom is -0.366 e. The van der Waals surface area contributed by atoms with Crippen LogP contribution in [0.1, 0.15) is 44.1 Å². The molecule has 29 heavy (non-hydrogen) atoms. The molecule has 0 aromatic carbocycles. The number of anilines is 2. The van der Waals surface area contributed by atoms with Crippen LogP contribution in [-0.4, -0.2) is 48.9 Å². The van der Waals surface area contributed by atoms with E-state index in [1.807, 2.05) is 6.20 Å². The van der Waals surface area contributed by atoms with Crippen molar-refractivity contribution in [1.82, 2.24) is 14.3 Å². The monoisotopic (exact) mass is 415 g/mol. The van der Waals surface area contributed by atoms with Gasteiger partial charge in [-0.3, -0.25) is 0 Å². The number of hydrogen-bond acceptors (Lipinski definition) is 6. The highest BCUT2D eigenvalue weighted by Crippen LogP contribution is 2.21. The Bertz CT molecular complexity index is 886. The third-order valence-electron chi connectivity index (χ3n) is 5.65. The summed E-state index contributed by atoms with van der Waals surface area (Å²) in [5.74, 6) is 1.70. The van der Waals surface area contributed by atoms with E-state index < -0.39 is 10.0 Å². The van der Waals surface area contributed by atoms with Crippen LogP contribution in [0.15, 0.2) is 41.6 Å². The molecule has 1 N–H and O–H groups in total. The van der Waals surface area contributed by atoms with E-state index in [9.17, 15) is 8.42 Å². The van der Waals surface area contributed by atoms with Gasteiger partial charge >= 0.3 is 0 Å². The molecular weight excluding hydrogens is 386 g/mol. The molecule has 0 saturated carbocycles. The van der Waals surface area contributed by atoms with Crippen LogP contribution >= 0.6 is 0 Å². The number of aromatic nitrogens is 2. The number of nitrogens with zero attached hydrogens (tertiary/aromatic N) is 4. The van der Waals surface area contributed by atoms with Crippen LogP contribution in [0.5, 0.6) is 0 Å². The molecule has 0 amide bonds. The fourth-order valence-electron chi connectivity index (χ4n) is 3.92. The molecule has 7 nitrogen and oxygen atoms in total. The lowest BCUT2D eigenvalue weighted by molar-refractivity contribution is 0.477. The van der Waals surface area contributed by atoms with Crippen molar-refractivity contribution in [2.75, 3.05) is 36.4 Å². The molecule has 2 aromatic heterocycles. The molecular formula is C21H29N5O2S. The highest BCUT2D eigenvalue weighted by molar-refractivity contribution is 7.89. The van der Waals surface area contributed by atoms with Gasteiger partial charge in [0.25, 0.3) is 0 Å². The SMILES string of the molecule is O=S(=O)(c1ccc(NCc2ccc(N3CCCCCC3)nc2)nc1)N1CCCC1. The van der Waals surface area contributed by atoms with Crippen molar-refractivity contribution < 1.29 is 8.42 Å². The standard InChI is InChI=1S/C21H29N5O2S/c27-29(28,26-13-5-6-14-26)19-8-9-20(23-17-19)22-15-18-7-10-21(24-16-18)25-11-3-1-2-4-12-25/h7-10,16-17H,1-6,11-15H2,(H,22,23). The van der Waals surface area contributed by atoms with Crippen LogP contribution in [0, 0.1) is 0 Å². The van der Waals surface area contributed by atoms with Crippen molar-refractivity contribution in [2.45, 2.75) is 50.0 Å². The van der Waals surface area contributed by atoms with Crippen molar-refractivity contribution in [3.05, 3.63) is 42.2 Å². The first-order chi connectivity index (χ1) is 14.1. The van der Waals surface area contributed by atoms with Gasteiger partial charge in [0.05, 0.1) is 0 Å². The summed E-state index contributed by atoms with van der Waals surface area (Å²) in [7, 11) is -3.41. The summed E-state index contributed by atoms with van der Waals surface area (Å²) in [6.07, 6.45) is 10.3. The Kier molecular flexibility index (Phi) is 6.30. The molecule has 156 valence electrons. The summed E-state index contributed by atoms with van der Waals surface area (Å²) in [5.41, 5.74) is 1.07. The normalized spacial score (nSPS) is 18.6. The number of sulfonamides is 1. The Morgan fingerprint density at radius 1 is 0.828 bits per heavy atom. The van der Waals surface area contributed by atoms with Crippen molar-refractivity contribution in [2.24, 2.45) is 0 Å². The first-order valence-electron chi connectivity index (χ1n) is 10.5. The van der Waals surface area contributed by atoms with Crippen molar-refractivity contribution in [3.63, 3.8) is 0 Å². The van der Waals surface area contributed by atoms with Crippen LogP contribution in [-0.2, 0) is 16.6 Å². The molecule has 0 unspecified atom stereocenters. The van der Waals surface area contributed by atoms with Crippen molar-refractivity contribution >= 4 is 21.7 Å². The smallest absolute Gasteiger partial charge is 0.244 e. The quantitative estimate of drug-likeness (QED) is 0.780. The van der Waals surface area contributed by atoms with E-state index in [1.165, 1.54) is 36.2 Å².